The number of aliphatic hydroxyl groups is 1. The van der Waals surface area contributed by atoms with Crippen molar-refractivity contribution in [1.82, 2.24) is 10.3 Å². The van der Waals surface area contributed by atoms with E-state index in [1.165, 1.54) is 23.5 Å². The predicted octanol–water partition coefficient (Wildman–Crippen LogP) is 5.34. The third-order valence-corrected chi connectivity index (χ3v) is 6.19. The highest BCUT2D eigenvalue weighted by Crippen LogP contribution is 2.37. The number of hydrogen-bond acceptors (Lipinski definition) is 6. The summed E-state index contributed by atoms with van der Waals surface area (Å²) in [7, 11) is 0. The summed E-state index contributed by atoms with van der Waals surface area (Å²) in [6.45, 7) is 1.67. The van der Waals surface area contributed by atoms with Crippen molar-refractivity contribution in [2.45, 2.75) is 19.4 Å². The normalized spacial score (nSPS) is 11.7. The summed E-state index contributed by atoms with van der Waals surface area (Å²) in [5, 5.41) is 15.3. The van der Waals surface area contributed by atoms with E-state index in [1.54, 1.807) is 31.3 Å². The number of fused-ring (bicyclic) bond motifs is 1. The molecule has 2 aromatic carbocycles. The van der Waals surface area contributed by atoms with Gasteiger partial charge in [-0.2, -0.15) is 0 Å². The van der Waals surface area contributed by atoms with Gasteiger partial charge in [0.2, 0.25) is 5.91 Å². The predicted molar refractivity (Wildman–Crippen MR) is 131 cm³/mol. The zero-order valence-electron chi connectivity index (χ0n) is 17.5. The first-order valence-corrected chi connectivity index (χ1v) is 11.3. The maximum atomic E-state index is 14.7. The number of pyridine rings is 1. The van der Waals surface area contributed by atoms with Gasteiger partial charge in [-0.05, 0) is 42.9 Å². The van der Waals surface area contributed by atoms with Gasteiger partial charge >= 0.3 is 0 Å². The maximum absolute atomic E-state index is 14.7. The largest absolute Gasteiger partial charge is 0.453 e. The second kappa shape index (κ2) is 10.0. The lowest BCUT2D eigenvalue weighted by atomic mass is 10.1. The number of thiophene rings is 1. The van der Waals surface area contributed by atoms with E-state index in [1.807, 2.05) is 30.3 Å². The molecule has 0 aliphatic heterocycles. The van der Waals surface area contributed by atoms with E-state index in [9.17, 15) is 14.3 Å². The minimum atomic E-state index is -0.629. The minimum absolute atomic E-state index is 0.0269. The first-order chi connectivity index (χ1) is 15.9. The Morgan fingerprint density at radius 3 is 2.70 bits per heavy atom. The molecule has 2 heterocycles. The Morgan fingerprint density at radius 2 is 1.97 bits per heavy atom. The summed E-state index contributed by atoms with van der Waals surface area (Å²) in [6, 6.07) is 17.0. The number of carbonyl (C=O) groups is 1. The maximum Gasteiger partial charge on any atom is 0.230 e. The molecule has 3 N–H and O–H groups in total. The molecule has 4 rings (SSSR count). The van der Waals surface area contributed by atoms with Crippen LogP contribution in [0.4, 0.5) is 10.1 Å². The molecule has 33 heavy (non-hydrogen) atoms. The fourth-order valence-electron chi connectivity index (χ4n) is 3.11. The molecule has 6 nitrogen and oxygen atoms in total. The van der Waals surface area contributed by atoms with Crippen molar-refractivity contribution < 1.29 is 19.0 Å². The van der Waals surface area contributed by atoms with Gasteiger partial charge in [0.05, 0.1) is 22.7 Å². The molecule has 1 amide bonds. The number of hydrogen-bond donors (Lipinski definition) is 3. The van der Waals surface area contributed by atoms with Crippen LogP contribution in [0.3, 0.4) is 0 Å². The number of aliphatic hydroxyl groups excluding tert-OH is 1. The van der Waals surface area contributed by atoms with Crippen LogP contribution in [0.1, 0.15) is 23.5 Å². The lowest BCUT2D eigenvalue weighted by molar-refractivity contribution is -0.119. The van der Waals surface area contributed by atoms with Gasteiger partial charge in [-0.1, -0.05) is 30.3 Å². The molecule has 0 spiro atoms. The summed E-state index contributed by atoms with van der Waals surface area (Å²) >= 11 is 6.51. The van der Waals surface area contributed by atoms with Crippen molar-refractivity contribution in [2.24, 2.45) is 0 Å². The average molecular weight is 482 g/mol. The number of benzene rings is 2. The Hall–Kier alpha value is -3.40. The van der Waals surface area contributed by atoms with Crippen LogP contribution in [-0.4, -0.2) is 21.1 Å². The highest BCUT2D eigenvalue weighted by atomic mass is 32.1. The standard InChI is InChI=1S/C24H20FN3O3S2/c1-14(29)21-13-18-23(33-21)20(9-10-26-18)31-19-8-7-16(12-17(19)25)27-24(32)28-22(30)11-15-5-3-2-4-6-15/h2-10,12-14,29H,11H2,1H3,(H2,27,28,30,32). The van der Waals surface area contributed by atoms with Crippen molar-refractivity contribution in [3.05, 3.63) is 83.1 Å². The number of nitrogens with one attached hydrogen (secondary N) is 2. The van der Waals surface area contributed by atoms with Crippen LogP contribution in [0.25, 0.3) is 10.2 Å². The molecule has 0 fully saturated rings. The minimum Gasteiger partial charge on any atom is -0.453 e. The van der Waals surface area contributed by atoms with Gasteiger partial charge in [0.15, 0.2) is 16.7 Å². The Morgan fingerprint density at radius 1 is 1.18 bits per heavy atom. The van der Waals surface area contributed by atoms with Crippen LogP contribution in [0.5, 0.6) is 11.5 Å². The molecule has 0 bridgehead atoms. The zero-order chi connectivity index (χ0) is 23.4. The van der Waals surface area contributed by atoms with Gasteiger partial charge in [-0.25, -0.2) is 4.39 Å². The molecule has 0 aliphatic carbocycles. The second-order valence-electron chi connectivity index (χ2n) is 7.26. The van der Waals surface area contributed by atoms with Crippen molar-refractivity contribution >= 4 is 50.5 Å². The number of thiocarbonyl (C=S) groups is 1. The van der Waals surface area contributed by atoms with Crippen LogP contribution in [-0.2, 0) is 11.2 Å². The van der Waals surface area contributed by atoms with Crippen molar-refractivity contribution in [3.63, 3.8) is 0 Å². The van der Waals surface area contributed by atoms with Crippen LogP contribution in [0.15, 0.2) is 66.9 Å². The lowest BCUT2D eigenvalue weighted by Gasteiger charge is -2.12. The highest BCUT2D eigenvalue weighted by Gasteiger charge is 2.14. The number of anilines is 1. The first kappa shape index (κ1) is 22.8. The Labute approximate surface area is 199 Å². The van der Waals surface area contributed by atoms with Crippen molar-refractivity contribution in [3.8, 4) is 11.5 Å². The fourth-order valence-corrected chi connectivity index (χ4v) is 4.35. The third kappa shape index (κ3) is 5.70. The Balaban J connectivity index is 1.41. The fraction of sp³-hybridized carbons (Fsp3) is 0.125. The lowest BCUT2D eigenvalue weighted by Crippen LogP contribution is -2.35. The van der Waals surface area contributed by atoms with Gasteiger partial charge in [-0.15, -0.1) is 11.3 Å². The third-order valence-electron chi connectivity index (χ3n) is 4.68. The monoisotopic (exact) mass is 481 g/mol. The topological polar surface area (TPSA) is 83.5 Å². The summed E-state index contributed by atoms with van der Waals surface area (Å²) in [6.07, 6.45) is 1.13. The van der Waals surface area contributed by atoms with Gasteiger partial charge in [0.1, 0.15) is 5.75 Å². The SMILES string of the molecule is CC(O)c1cc2nccc(Oc3ccc(NC(=S)NC(=O)Cc4ccccc4)cc3F)c2s1. The Kier molecular flexibility index (Phi) is 6.93. The molecule has 1 atom stereocenters. The van der Waals surface area contributed by atoms with Crippen LogP contribution < -0.4 is 15.4 Å². The number of rotatable bonds is 6. The van der Waals surface area contributed by atoms with Gasteiger partial charge in [-0.3, -0.25) is 9.78 Å². The quantitative estimate of drug-likeness (QED) is 0.323. The molecule has 9 heteroatoms. The van der Waals surface area contributed by atoms with Crippen LogP contribution >= 0.6 is 23.6 Å². The molecule has 4 aromatic rings. The summed E-state index contributed by atoms with van der Waals surface area (Å²) < 4.78 is 21.2. The zero-order valence-corrected chi connectivity index (χ0v) is 19.2. The summed E-state index contributed by atoms with van der Waals surface area (Å²) in [4.78, 5) is 17.2. The smallest absolute Gasteiger partial charge is 0.230 e. The van der Waals surface area contributed by atoms with E-state index in [0.717, 1.165) is 15.1 Å². The van der Waals surface area contributed by atoms with E-state index in [-0.39, 0.29) is 23.2 Å². The molecule has 168 valence electrons. The van der Waals surface area contributed by atoms with Crippen molar-refractivity contribution in [1.29, 1.82) is 0 Å². The second-order valence-corrected chi connectivity index (χ2v) is 8.75. The van der Waals surface area contributed by atoms with E-state index in [4.69, 9.17) is 17.0 Å². The number of amides is 1. The molecule has 2 aromatic heterocycles. The van der Waals surface area contributed by atoms with E-state index in [0.29, 0.717) is 17.0 Å². The number of nitrogens with zero attached hydrogens (tertiary/aromatic N) is 1. The van der Waals surface area contributed by atoms with Crippen LogP contribution in [0, 0.1) is 5.82 Å². The first-order valence-electron chi connectivity index (χ1n) is 10.1. The molecular formula is C24H20FN3O3S2. The van der Waals surface area contributed by atoms with Crippen molar-refractivity contribution in [2.75, 3.05) is 5.32 Å². The molecule has 1 unspecified atom stereocenters. The van der Waals surface area contributed by atoms with Crippen LogP contribution in [0.2, 0.25) is 0 Å². The molecular weight excluding hydrogens is 461 g/mol. The van der Waals surface area contributed by atoms with E-state index < -0.39 is 11.9 Å². The van der Waals surface area contributed by atoms with Gasteiger partial charge in [0.25, 0.3) is 0 Å². The molecule has 0 radical (unpaired) electrons. The van der Waals surface area contributed by atoms with Gasteiger partial charge < -0.3 is 20.5 Å². The average Bonchev–Trinajstić information content (AvgIpc) is 3.22. The molecule has 0 saturated heterocycles. The number of carbonyl (C=O) groups excluding carboxylic acids is 1. The molecule has 0 aliphatic rings. The van der Waals surface area contributed by atoms with E-state index >= 15 is 0 Å². The van der Waals surface area contributed by atoms with E-state index in [2.05, 4.69) is 15.6 Å². The summed E-state index contributed by atoms with van der Waals surface area (Å²) in [5.74, 6) is -0.400. The number of aromatic nitrogens is 1. The molecule has 0 saturated carbocycles. The highest BCUT2D eigenvalue weighted by molar-refractivity contribution is 7.80. The van der Waals surface area contributed by atoms with Gasteiger partial charge in [0, 0.05) is 28.9 Å². The number of halogens is 1. The number of ether oxygens (including phenoxy) is 1. The Bertz CT molecular complexity index is 1310. The summed E-state index contributed by atoms with van der Waals surface area (Å²) in [5.41, 5.74) is 1.91.